The standard InChI is InChI=1S/C32H44BrClN2O3/c1-2-3-4-5-6-7-8-9-10-11-12-13-14-15-16-17-31(37)36-35-25-27-24-28(33)20-23-30(27)39-32(38)26-18-21-29(34)22-19-26/h18-25H,2-17H2,1H3,(H,36,37)/b35-25-. The molecule has 7 heteroatoms. The first kappa shape index (κ1) is 33.0. The number of amides is 1. The molecular formula is C32H44BrClN2O3. The Morgan fingerprint density at radius 3 is 1.92 bits per heavy atom. The molecule has 0 spiro atoms. The van der Waals surface area contributed by atoms with E-state index >= 15 is 0 Å². The van der Waals surface area contributed by atoms with Gasteiger partial charge in [0, 0.05) is 21.5 Å². The van der Waals surface area contributed by atoms with Gasteiger partial charge in [-0.15, -0.1) is 0 Å². The molecule has 0 radical (unpaired) electrons. The summed E-state index contributed by atoms with van der Waals surface area (Å²) in [6.07, 6.45) is 21.4. The molecule has 0 atom stereocenters. The molecule has 39 heavy (non-hydrogen) atoms. The lowest BCUT2D eigenvalue weighted by molar-refractivity contribution is -0.121. The van der Waals surface area contributed by atoms with Gasteiger partial charge in [-0.2, -0.15) is 5.10 Å². The lowest BCUT2D eigenvalue weighted by atomic mass is 10.0. The third-order valence-corrected chi connectivity index (χ3v) is 7.40. The predicted molar refractivity (Wildman–Crippen MR) is 166 cm³/mol. The first-order valence-electron chi connectivity index (χ1n) is 14.6. The number of hydrogen-bond acceptors (Lipinski definition) is 4. The largest absolute Gasteiger partial charge is 0.422 e. The van der Waals surface area contributed by atoms with Crippen LogP contribution in [0.2, 0.25) is 5.02 Å². The molecule has 1 amide bonds. The number of carbonyl (C=O) groups excluding carboxylic acids is 2. The molecule has 0 bridgehead atoms. The number of nitrogens with zero attached hydrogens (tertiary/aromatic N) is 1. The van der Waals surface area contributed by atoms with Crippen LogP contribution in [-0.4, -0.2) is 18.1 Å². The summed E-state index contributed by atoms with van der Waals surface area (Å²) < 4.78 is 6.34. The van der Waals surface area contributed by atoms with Crippen LogP contribution in [0.25, 0.3) is 0 Å². The zero-order chi connectivity index (χ0) is 28.1. The quantitative estimate of drug-likeness (QED) is 0.0527. The average Bonchev–Trinajstić information content (AvgIpc) is 2.92. The van der Waals surface area contributed by atoms with Gasteiger partial charge in [-0.3, -0.25) is 4.79 Å². The van der Waals surface area contributed by atoms with Gasteiger partial charge in [0.25, 0.3) is 0 Å². The molecule has 0 aliphatic carbocycles. The van der Waals surface area contributed by atoms with Crippen LogP contribution in [-0.2, 0) is 4.79 Å². The topological polar surface area (TPSA) is 67.8 Å². The van der Waals surface area contributed by atoms with E-state index < -0.39 is 5.97 Å². The molecule has 2 aromatic carbocycles. The summed E-state index contributed by atoms with van der Waals surface area (Å²) in [4.78, 5) is 24.7. The molecule has 2 rings (SSSR count). The van der Waals surface area contributed by atoms with Crippen molar-refractivity contribution in [3.63, 3.8) is 0 Å². The van der Waals surface area contributed by atoms with Crippen LogP contribution in [0, 0.1) is 0 Å². The van der Waals surface area contributed by atoms with Crippen molar-refractivity contribution in [2.24, 2.45) is 5.10 Å². The zero-order valence-electron chi connectivity index (χ0n) is 23.4. The maximum atomic E-state index is 12.5. The molecular weight excluding hydrogens is 576 g/mol. The highest BCUT2D eigenvalue weighted by molar-refractivity contribution is 9.10. The molecule has 1 N–H and O–H groups in total. The summed E-state index contributed by atoms with van der Waals surface area (Å²) in [5.41, 5.74) is 3.54. The Bertz CT molecular complexity index is 1010. The summed E-state index contributed by atoms with van der Waals surface area (Å²) >= 11 is 9.31. The van der Waals surface area contributed by atoms with E-state index in [4.69, 9.17) is 16.3 Å². The maximum absolute atomic E-state index is 12.5. The van der Waals surface area contributed by atoms with E-state index in [0.717, 1.165) is 17.3 Å². The van der Waals surface area contributed by atoms with E-state index in [2.05, 4.69) is 33.4 Å². The van der Waals surface area contributed by atoms with Crippen LogP contribution in [0.5, 0.6) is 5.75 Å². The second-order valence-electron chi connectivity index (χ2n) is 10.1. The molecule has 0 saturated carbocycles. The third-order valence-electron chi connectivity index (χ3n) is 6.65. The van der Waals surface area contributed by atoms with Crippen LogP contribution >= 0.6 is 27.5 Å². The van der Waals surface area contributed by atoms with Gasteiger partial charge in [-0.05, 0) is 48.9 Å². The Balaban J connectivity index is 1.57. The summed E-state index contributed by atoms with van der Waals surface area (Å²) in [6, 6.07) is 11.7. The van der Waals surface area contributed by atoms with Gasteiger partial charge in [0.2, 0.25) is 5.91 Å². The van der Waals surface area contributed by atoms with Gasteiger partial charge in [0.15, 0.2) is 0 Å². The Hall–Kier alpha value is -2.18. The number of unbranched alkanes of at least 4 members (excludes halogenated alkanes) is 14. The van der Waals surface area contributed by atoms with E-state index in [9.17, 15) is 9.59 Å². The second kappa shape index (κ2) is 20.7. The fraction of sp³-hybridized carbons (Fsp3) is 0.531. The summed E-state index contributed by atoms with van der Waals surface area (Å²) in [5, 5.41) is 4.61. The molecule has 214 valence electrons. The highest BCUT2D eigenvalue weighted by Gasteiger charge is 2.12. The number of carbonyl (C=O) groups is 2. The molecule has 0 heterocycles. The van der Waals surface area contributed by atoms with Crippen LogP contribution in [0.1, 0.15) is 126 Å². The van der Waals surface area contributed by atoms with Gasteiger partial charge in [-0.1, -0.05) is 124 Å². The summed E-state index contributed by atoms with van der Waals surface area (Å²) in [7, 11) is 0. The van der Waals surface area contributed by atoms with Gasteiger partial charge in [0.05, 0.1) is 11.8 Å². The Kier molecular flexibility index (Phi) is 17.5. The second-order valence-corrected chi connectivity index (χ2v) is 11.4. The van der Waals surface area contributed by atoms with E-state index in [0.29, 0.717) is 28.3 Å². The van der Waals surface area contributed by atoms with Gasteiger partial charge in [0.1, 0.15) is 5.75 Å². The highest BCUT2D eigenvalue weighted by atomic mass is 79.9. The van der Waals surface area contributed by atoms with Crippen molar-refractivity contribution < 1.29 is 14.3 Å². The number of hydrazone groups is 1. The van der Waals surface area contributed by atoms with Crippen molar-refractivity contribution in [2.75, 3.05) is 0 Å². The number of hydrogen-bond donors (Lipinski definition) is 1. The first-order valence-corrected chi connectivity index (χ1v) is 15.8. The van der Waals surface area contributed by atoms with Crippen LogP contribution in [0.4, 0.5) is 0 Å². The number of nitrogens with one attached hydrogen (secondary N) is 1. The molecule has 0 aliphatic rings. The van der Waals surface area contributed by atoms with E-state index in [1.54, 1.807) is 42.5 Å². The van der Waals surface area contributed by atoms with Crippen LogP contribution in [0.15, 0.2) is 52.0 Å². The zero-order valence-corrected chi connectivity index (χ0v) is 25.7. The van der Waals surface area contributed by atoms with Crippen molar-refractivity contribution in [1.29, 1.82) is 0 Å². The number of ether oxygens (including phenoxy) is 1. The number of benzene rings is 2. The summed E-state index contributed by atoms with van der Waals surface area (Å²) in [5.74, 6) is -0.268. The molecule has 0 fully saturated rings. The number of rotatable bonds is 20. The van der Waals surface area contributed by atoms with Crippen molar-refractivity contribution >= 4 is 45.6 Å². The fourth-order valence-corrected chi connectivity index (χ4v) is 4.85. The van der Waals surface area contributed by atoms with E-state index in [1.807, 2.05) is 0 Å². The van der Waals surface area contributed by atoms with Crippen molar-refractivity contribution in [3.05, 3.63) is 63.1 Å². The van der Waals surface area contributed by atoms with Gasteiger partial charge < -0.3 is 4.74 Å². The highest BCUT2D eigenvalue weighted by Crippen LogP contribution is 2.23. The molecule has 0 saturated heterocycles. The Morgan fingerprint density at radius 1 is 0.821 bits per heavy atom. The number of esters is 1. The molecule has 2 aromatic rings. The average molecular weight is 620 g/mol. The molecule has 0 aliphatic heterocycles. The maximum Gasteiger partial charge on any atom is 0.343 e. The van der Waals surface area contributed by atoms with Crippen molar-refractivity contribution in [2.45, 2.75) is 110 Å². The Morgan fingerprint density at radius 2 is 1.36 bits per heavy atom. The minimum Gasteiger partial charge on any atom is -0.422 e. The smallest absolute Gasteiger partial charge is 0.343 e. The monoisotopic (exact) mass is 618 g/mol. The normalized spacial score (nSPS) is 11.2. The minimum atomic E-state index is -0.499. The summed E-state index contributed by atoms with van der Waals surface area (Å²) in [6.45, 7) is 2.27. The van der Waals surface area contributed by atoms with Gasteiger partial charge in [-0.25, -0.2) is 10.2 Å². The van der Waals surface area contributed by atoms with Crippen LogP contribution in [0.3, 0.4) is 0 Å². The van der Waals surface area contributed by atoms with E-state index in [-0.39, 0.29) is 5.91 Å². The fourth-order valence-electron chi connectivity index (χ4n) is 4.34. The predicted octanol–water partition coefficient (Wildman–Crippen LogP) is 10.0. The van der Waals surface area contributed by atoms with E-state index in [1.165, 1.54) is 89.7 Å². The first-order chi connectivity index (χ1) is 19.0. The SMILES string of the molecule is CCCCCCCCCCCCCCCCCC(=O)N/N=C\c1cc(Br)ccc1OC(=O)c1ccc(Cl)cc1. The minimum absolute atomic E-state index is 0.115. The van der Waals surface area contributed by atoms with Crippen LogP contribution < -0.4 is 10.2 Å². The van der Waals surface area contributed by atoms with Crippen molar-refractivity contribution in [1.82, 2.24) is 5.43 Å². The van der Waals surface area contributed by atoms with Gasteiger partial charge >= 0.3 is 5.97 Å². The third kappa shape index (κ3) is 15.3. The lowest BCUT2D eigenvalue weighted by Crippen LogP contribution is -2.17. The molecule has 5 nitrogen and oxygen atoms in total. The molecule has 0 unspecified atom stereocenters. The Labute approximate surface area is 248 Å². The molecule has 0 aromatic heterocycles. The lowest BCUT2D eigenvalue weighted by Gasteiger charge is -2.08. The van der Waals surface area contributed by atoms with Crippen molar-refractivity contribution in [3.8, 4) is 5.75 Å². The number of halogens is 2.